The molecule has 7 heteroatoms. The molecule has 1 aromatic heterocycles. The predicted molar refractivity (Wildman–Crippen MR) is 75.7 cm³/mol. The highest BCUT2D eigenvalue weighted by molar-refractivity contribution is 5.96. The van der Waals surface area contributed by atoms with Crippen molar-refractivity contribution in [2.75, 3.05) is 6.61 Å². The summed E-state index contributed by atoms with van der Waals surface area (Å²) >= 11 is 0. The van der Waals surface area contributed by atoms with Crippen LogP contribution in [0.15, 0.2) is 34.7 Å². The summed E-state index contributed by atoms with van der Waals surface area (Å²) in [7, 11) is 0. The average molecular weight is 306 g/mol. The van der Waals surface area contributed by atoms with Crippen LogP contribution in [0.5, 0.6) is 5.75 Å². The number of carbonyl (C=O) groups is 2. The van der Waals surface area contributed by atoms with E-state index in [-0.39, 0.29) is 6.61 Å². The number of carbonyl (C=O) groups excluding carboxylic acids is 2. The van der Waals surface area contributed by atoms with Gasteiger partial charge in [-0.05, 0) is 44.2 Å². The van der Waals surface area contributed by atoms with E-state index in [9.17, 15) is 14.0 Å². The number of hydrazine groups is 1. The molecule has 22 heavy (non-hydrogen) atoms. The Balaban J connectivity index is 1.79. The number of benzene rings is 1. The Morgan fingerprint density at radius 2 is 1.86 bits per heavy atom. The summed E-state index contributed by atoms with van der Waals surface area (Å²) in [5.41, 5.74) is 4.82. The molecule has 116 valence electrons. The summed E-state index contributed by atoms with van der Waals surface area (Å²) in [5.74, 6) is -0.000483. The van der Waals surface area contributed by atoms with Crippen LogP contribution < -0.4 is 15.6 Å². The molecule has 6 nitrogen and oxygen atoms in total. The third kappa shape index (κ3) is 4.08. The van der Waals surface area contributed by atoms with E-state index in [1.165, 1.54) is 24.3 Å². The van der Waals surface area contributed by atoms with Crippen LogP contribution in [0.25, 0.3) is 0 Å². The van der Waals surface area contributed by atoms with E-state index in [1.807, 2.05) is 0 Å². The highest BCUT2D eigenvalue weighted by Gasteiger charge is 2.14. The summed E-state index contributed by atoms with van der Waals surface area (Å²) in [6.45, 7) is 3.07. The van der Waals surface area contributed by atoms with Crippen LogP contribution in [-0.2, 0) is 4.79 Å². The third-order valence-corrected chi connectivity index (χ3v) is 2.78. The monoisotopic (exact) mass is 306 g/mol. The first-order chi connectivity index (χ1) is 10.5. The van der Waals surface area contributed by atoms with Gasteiger partial charge in [0.1, 0.15) is 23.1 Å². The van der Waals surface area contributed by atoms with E-state index < -0.39 is 17.6 Å². The van der Waals surface area contributed by atoms with Gasteiger partial charge in [-0.25, -0.2) is 4.39 Å². The molecule has 0 aliphatic heterocycles. The molecule has 2 rings (SSSR count). The highest BCUT2D eigenvalue weighted by Crippen LogP contribution is 2.13. The third-order valence-electron chi connectivity index (χ3n) is 2.78. The molecule has 0 aliphatic carbocycles. The van der Waals surface area contributed by atoms with Gasteiger partial charge in [0.05, 0.1) is 5.56 Å². The molecule has 0 atom stereocenters. The first-order valence-electron chi connectivity index (χ1n) is 6.50. The van der Waals surface area contributed by atoms with Gasteiger partial charge in [0.15, 0.2) is 6.61 Å². The molecule has 1 heterocycles. The quantitative estimate of drug-likeness (QED) is 0.845. The Labute approximate surface area is 126 Å². The Morgan fingerprint density at radius 1 is 1.18 bits per heavy atom. The van der Waals surface area contributed by atoms with Crippen LogP contribution in [0, 0.1) is 19.7 Å². The van der Waals surface area contributed by atoms with Crippen molar-refractivity contribution in [3.8, 4) is 5.75 Å². The lowest BCUT2D eigenvalue weighted by Crippen LogP contribution is -2.43. The maximum absolute atomic E-state index is 12.7. The average Bonchev–Trinajstić information content (AvgIpc) is 2.83. The lowest BCUT2D eigenvalue weighted by molar-refractivity contribution is -0.123. The van der Waals surface area contributed by atoms with Crippen LogP contribution in [0.1, 0.15) is 21.9 Å². The Kier molecular flexibility index (Phi) is 4.77. The minimum Gasteiger partial charge on any atom is -0.484 e. The van der Waals surface area contributed by atoms with Crippen molar-refractivity contribution in [3.05, 3.63) is 53.2 Å². The van der Waals surface area contributed by atoms with E-state index in [1.54, 1.807) is 19.9 Å². The molecule has 0 saturated carbocycles. The molecule has 0 unspecified atom stereocenters. The number of ether oxygens (including phenoxy) is 1. The van der Waals surface area contributed by atoms with Gasteiger partial charge in [-0.15, -0.1) is 0 Å². The molecule has 0 aliphatic rings. The summed E-state index contributed by atoms with van der Waals surface area (Å²) in [6.07, 6.45) is 0. The molecule has 0 saturated heterocycles. The summed E-state index contributed by atoms with van der Waals surface area (Å²) < 4.78 is 23.1. The number of hydrogen-bond acceptors (Lipinski definition) is 4. The number of rotatable bonds is 4. The number of amides is 2. The fourth-order valence-corrected chi connectivity index (χ4v) is 1.77. The van der Waals surface area contributed by atoms with Crippen LogP contribution in [0.2, 0.25) is 0 Å². The molecule has 0 spiro atoms. The van der Waals surface area contributed by atoms with Gasteiger partial charge in [-0.3, -0.25) is 20.4 Å². The van der Waals surface area contributed by atoms with Crippen molar-refractivity contribution < 1.29 is 23.1 Å². The molecule has 0 fully saturated rings. The molecule has 0 bridgehead atoms. The second kappa shape index (κ2) is 6.75. The van der Waals surface area contributed by atoms with E-state index in [2.05, 4.69) is 10.9 Å². The molecular weight excluding hydrogens is 291 g/mol. The van der Waals surface area contributed by atoms with Crippen molar-refractivity contribution in [1.82, 2.24) is 10.9 Å². The van der Waals surface area contributed by atoms with Gasteiger partial charge < -0.3 is 9.15 Å². The largest absolute Gasteiger partial charge is 0.484 e. The zero-order valence-corrected chi connectivity index (χ0v) is 12.1. The molecule has 0 radical (unpaired) electrons. The van der Waals surface area contributed by atoms with Gasteiger partial charge in [0.25, 0.3) is 11.8 Å². The maximum Gasteiger partial charge on any atom is 0.276 e. The fourth-order valence-electron chi connectivity index (χ4n) is 1.77. The standard InChI is InChI=1S/C15H15FN2O4/c1-9-7-13(10(2)22-9)15(20)18-17-14(19)8-21-12-5-3-11(16)4-6-12/h3-7H,8H2,1-2H3,(H,17,19)(H,18,20). The topological polar surface area (TPSA) is 80.6 Å². The number of nitrogens with one attached hydrogen (secondary N) is 2. The minimum absolute atomic E-state index is 0.310. The van der Waals surface area contributed by atoms with Crippen LogP contribution in [0.4, 0.5) is 4.39 Å². The molecule has 2 N–H and O–H groups in total. The Hall–Kier alpha value is -2.83. The normalized spacial score (nSPS) is 10.1. The summed E-state index contributed by atoms with van der Waals surface area (Å²) in [6, 6.07) is 6.82. The molecular formula is C15H15FN2O4. The molecule has 1 aromatic carbocycles. The lowest BCUT2D eigenvalue weighted by Gasteiger charge is -2.08. The second-order valence-corrected chi connectivity index (χ2v) is 4.57. The zero-order valence-electron chi connectivity index (χ0n) is 12.1. The van der Waals surface area contributed by atoms with Crippen molar-refractivity contribution in [2.45, 2.75) is 13.8 Å². The second-order valence-electron chi connectivity index (χ2n) is 4.57. The smallest absolute Gasteiger partial charge is 0.276 e. The predicted octanol–water partition coefficient (Wildman–Crippen LogP) is 1.88. The van der Waals surface area contributed by atoms with Crippen LogP contribution in [-0.4, -0.2) is 18.4 Å². The minimum atomic E-state index is -0.546. The summed E-state index contributed by atoms with van der Waals surface area (Å²) in [5, 5.41) is 0. The number of hydrogen-bond donors (Lipinski definition) is 2. The summed E-state index contributed by atoms with van der Waals surface area (Å²) in [4.78, 5) is 23.4. The first kappa shape index (κ1) is 15.6. The van der Waals surface area contributed by atoms with Gasteiger partial charge in [0, 0.05) is 0 Å². The zero-order chi connectivity index (χ0) is 16.1. The lowest BCUT2D eigenvalue weighted by atomic mass is 10.2. The van der Waals surface area contributed by atoms with Crippen LogP contribution >= 0.6 is 0 Å². The number of halogens is 1. The first-order valence-corrected chi connectivity index (χ1v) is 6.50. The van der Waals surface area contributed by atoms with Crippen molar-refractivity contribution in [2.24, 2.45) is 0 Å². The van der Waals surface area contributed by atoms with E-state index in [4.69, 9.17) is 9.15 Å². The van der Waals surface area contributed by atoms with Crippen LogP contribution in [0.3, 0.4) is 0 Å². The SMILES string of the molecule is Cc1cc(C(=O)NNC(=O)COc2ccc(F)cc2)c(C)o1. The Bertz CT molecular complexity index is 679. The highest BCUT2D eigenvalue weighted by atomic mass is 19.1. The van der Waals surface area contributed by atoms with Gasteiger partial charge in [-0.2, -0.15) is 0 Å². The van der Waals surface area contributed by atoms with Gasteiger partial charge >= 0.3 is 0 Å². The van der Waals surface area contributed by atoms with Crippen molar-refractivity contribution in [1.29, 1.82) is 0 Å². The number of aryl methyl sites for hydroxylation is 2. The molecule has 2 aromatic rings. The maximum atomic E-state index is 12.7. The van der Waals surface area contributed by atoms with Gasteiger partial charge in [0.2, 0.25) is 0 Å². The van der Waals surface area contributed by atoms with E-state index in [0.717, 1.165) is 0 Å². The van der Waals surface area contributed by atoms with Gasteiger partial charge in [-0.1, -0.05) is 0 Å². The number of furan rings is 1. The fraction of sp³-hybridized carbons (Fsp3) is 0.200. The molecule has 2 amide bonds. The van der Waals surface area contributed by atoms with Crippen molar-refractivity contribution in [3.63, 3.8) is 0 Å². The van der Waals surface area contributed by atoms with E-state index >= 15 is 0 Å². The Morgan fingerprint density at radius 3 is 2.45 bits per heavy atom. The van der Waals surface area contributed by atoms with E-state index in [0.29, 0.717) is 22.8 Å². The van der Waals surface area contributed by atoms with Crippen molar-refractivity contribution >= 4 is 11.8 Å².